The highest BCUT2D eigenvalue weighted by atomic mass is 15.1. The Labute approximate surface area is 458 Å². The molecular formula is C72H47N7. The van der Waals surface area contributed by atoms with Crippen molar-refractivity contribution in [3.8, 4) is 74.0 Å². The van der Waals surface area contributed by atoms with E-state index in [0.717, 1.165) is 95.1 Å². The molecule has 0 aliphatic rings. The first-order valence-electron chi connectivity index (χ1n) is 26.2. The van der Waals surface area contributed by atoms with Crippen LogP contribution < -0.4 is 9.80 Å². The zero-order valence-electron chi connectivity index (χ0n) is 42.8. The van der Waals surface area contributed by atoms with Gasteiger partial charge in [0, 0.05) is 72.8 Å². The summed E-state index contributed by atoms with van der Waals surface area (Å²) in [5, 5.41) is 23.6. The Bertz CT molecular complexity index is 4090. The van der Waals surface area contributed by atoms with Gasteiger partial charge in [0.2, 0.25) is 0 Å². The minimum atomic E-state index is 0.387. The number of para-hydroxylation sites is 4. The smallest absolute Gasteiger partial charge is 0.160 e. The van der Waals surface area contributed by atoms with Gasteiger partial charge in [-0.25, -0.2) is 9.97 Å². The monoisotopic (exact) mass is 1010 g/mol. The maximum atomic E-state index is 10.7. The summed E-state index contributed by atoms with van der Waals surface area (Å²) in [7, 11) is 0. The molecule has 0 atom stereocenters. The van der Waals surface area contributed by atoms with Gasteiger partial charge in [-0.05, 0) is 132 Å². The van der Waals surface area contributed by atoms with E-state index in [4.69, 9.17) is 9.97 Å². The van der Waals surface area contributed by atoms with E-state index in [9.17, 15) is 10.5 Å². The SMILES string of the molecule is N#Cc1cc(-c2cc(-c3ccccc3)nc(-c3ccccc3)n2)cc(C#N)c1-c1ccc(-c2ccc(-n3c4ccc(N(c5ccccc5)c5ccccc5)cc4c4cc(N(c5ccccc5)c5ccccc5)ccc43)cc2)cc1. The first-order chi connectivity index (χ1) is 39.1. The van der Waals surface area contributed by atoms with Crippen molar-refractivity contribution in [2.24, 2.45) is 0 Å². The normalized spacial score (nSPS) is 11.0. The van der Waals surface area contributed by atoms with Gasteiger partial charge in [-0.2, -0.15) is 10.5 Å². The van der Waals surface area contributed by atoms with Crippen molar-refractivity contribution in [1.82, 2.24) is 14.5 Å². The molecule has 2 aromatic heterocycles. The summed E-state index contributed by atoms with van der Waals surface area (Å²) in [6.07, 6.45) is 0. The van der Waals surface area contributed by atoms with E-state index in [1.165, 1.54) is 0 Å². The number of anilines is 6. The van der Waals surface area contributed by atoms with Gasteiger partial charge in [0.05, 0.1) is 45.7 Å². The second-order valence-corrected chi connectivity index (χ2v) is 19.2. The molecule has 13 aromatic rings. The van der Waals surface area contributed by atoms with Crippen LogP contribution in [0.1, 0.15) is 11.1 Å². The molecule has 0 saturated heterocycles. The summed E-state index contributed by atoms with van der Waals surface area (Å²) in [6.45, 7) is 0. The van der Waals surface area contributed by atoms with Crippen LogP contribution in [0.25, 0.3) is 83.6 Å². The highest BCUT2D eigenvalue weighted by molar-refractivity contribution is 6.12. The fourth-order valence-electron chi connectivity index (χ4n) is 10.7. The van der Waals surface area contributed by atoms with Crippen LogP contribution in [0.15, 0.2) is 285 Å². The summed E-state index contributed by atoms with van der Waals surface area (Å²) in [4.78, 5) is 14.5. The second-order valence-electron chi connectivity index (χ2n) is 19.2. The highest BCUT2D eigenvalue weighted by Crippen LogP contribution is 2.43. The predicted molar refractivity (Wildman–Crippen MR) is 322 cm³/mol. The molecule has 0 aliphatic heterocycles. The first kappa shape index (κ1) is 47.6. The minimum absolute atomic E-state index is 0.387. The van der Waals surface area contributed by atoms with Gasteiger partial charge in [-0.3, -0.25) is 0 Å². The summed E-state index contributed by atoms with van der Waals surface area (Å²) in [5.74, 6) is 0.559. The molecular weight excluding hydrogens is 963 g/mol. The molecule has 0 spiro atoms. The van der Waals surface area contributed by atoms with E-state index in [1.54, 1.807) is 0 Å². The first-order valence-corrected chi connectivity index (χ1v) is 26.2. The molecule has 79 heavy (non-hydrogen) atoms. The summed E-state index contributed by atoms with van der Waals surface area (Å²) >= 11 is 0. The Morgan fingerprint density at radius 2 is 0.671 bits per heavy atom. The fourth-order valence-corrected chi connectivity index (χ4v) is 10.7. The number of fused-ring (bicyclic) bond motifs is 3. The molecule has 370 valence electrons. The lowest BCUT2D eigenvalue weighted by Crippen LogP contribution is -2.09. The third kappa shape index (κ3) is 9.21. The van der Waals surface area contributed by atoms with Gasteiger partial charge in [-0.15, -0.1) is 0 Å². The van der Waals surface area contributed by atoms with Gasteiger partial charge in [0.25, 0.3) is 0 Å². The minimum Gasteiger partial charge on any atom is -0.310 e. The quantitative estimate of drug-likeness (QED) is 0.121. The molecule has 0 N–H and O–H groups in total. The fraction of sp³-hybridized carbons (Fsp3) is 0. The summed E-state index contributed by atoms with van der Waals surface area (Å²) in [5.41, 5.74) is 17.6. The number of benzene rings is 11. The van der Waals surface area contributed by atoms with Crippen LogP contribution in [0.3, 0.4) is 0 Å². The average Bonchev–Trinajstić information content (AvgIpc) is 4.13. The molecule has 0 fully saturated rings. The molecule has 11 aromatic carbocycles. The number of rotatable bonds is 12. The Morgan fingerprint density at radius 1 is 0.304 bits per heavy atom. The lowest BCUT2D eigenvalue weighted by Gasteiger charge is -2.26. The Morgan fingerprint density at radius 3 is 1.09 bits per heavy atom. The molecule has 7 heteroatoms. The van der Waals surface area contributed by atoms with E-state index in [1.807, 2.05) is 91.0 Å². The number of hydrogen-bond donors (Lipinski definition) is 0. The van der Waals surface area contributed by atoms with Crippen molar-refractivity contribution in [2.75, 3.05) is 9.80 Å². The van der Waals surface area contributed by atoms with Crippen LogP contribution in [0.5, 0.6) is 0 Å². The second kappa shape index (κ2) is 20.9. The number of aromatic nitrogens is 3. The molecule has 0 aliphatic carbocycles. The number of nitriles is 2. The lowest BCUT2D eigenvalue weighted by molar-refractivity contribution is 1.18. The molecule has 7 nitrogen and oxygen atoms in total. The third-order valence-corrected chi connectivity index (χ3v) is 14.4. The average molecular weight is 1010 g/mol. The molecule has 0 radical (unpaired) electrons. The Balaban J connectivity index is 0.875. The molecule has 2 heterocycles. The maximum absolute atomic E-state index is 10.7. The van der Waals surface area contributed by atoms with Crippen molar-refractivity contribution in [3.63, 3.8) is 0 Å². The highest BCUT2D eigenvalue weighted by Gasteiger charge is 2.22. The van der Waals surface area contributed by atoms with E-state index >= 15 is 0 Å². The van der Waals surface area contributed by atoms with Crippen LogP contribution in [-0.2, 0) is 0 Å². The van der Waals surface area contributed by atoms with E-state index < -0.39 is 0 Å². The van der Waals surface area contributed by atoms with E-state index in [2.05, 4.69) is 221 Å². The van der Waals surface area contributed by atoms with Crippen LogP contribution in [0.4, 0.5) is 34.1 Å². The van der Waals surface area contributed by atoms with E-state index in [-0.39, 0.29) is 0 Å². The molecule has 0 saturated carbocycles. The van der Waals surface area contributed by atoms with Crippen molar-refractivity contribution >= 4 is 55.9 Å². The molecule has 0 bridgehead atoms. The van der Waals surface area contributed by atoms with Gasteiger partial charge in [0.1, 0.15) is 0 Å². The summed E-state index contributed by atoms with van der Waals surface area (Å²) < 4.78 is 2.36. The largest absolute Gasteiger partial charge is 0.310 e. The van der Waals surface area contributed by atoms with Crippen LogP contribution in [0.2, 0.25) is 0 Å². The van der Waals surface area contributed by atoms with Gasteiger partial charge in [0.15, 0.2) is 5.82 Å². The predicted octanol–water partition coefficient (Wildman–Crippen LogP) is 18.6. The number of nitrogens with zero attached hydrogens (tertiary/aromatic N) is 7. The maximum Gasteiger partial charge on any atom is 0.160 e. The zero-order valence-corrected chi connectivity index (χ0v) is 42.8. The van der Waals surface area contributed by atoms with Crippen molar-refractivity contribution in [3.05, 3.63) is 296 Å². The van der Waals surface area contributed by atoms with Crippen LogP contribution in [-0.4, -0.2) is 14.5 Å². The topological polar surface area (TPSA) is 84.8 Å². The van der Waals surface area contributed by atoms with Crippen molar-refractivity contribution in [1.29, 1.82) is 10.5 Å². The standard InChI is InChI=1S/C72H47N7/c73-48-56-43-55(68-47-67(52-19-7-1-8-20-52)75-72(76-68)54-21-9-2-10-22-54)44-57(49-74)71(56)53-33-31-50(32-34-53)51-35-37-62(38-36-51)79-69-41-39-63(77(58-23-11-3-12-24-58)59-25-13-4-14-26-59)45-65(69)66-46-64(40-42-70(66)79)78(60-27-15-5-16-28-60)61-29-17-6-18-30-61/h1-47H. The molecule has 13 rings (SSSR count). The van der Waals surface area contributed by atoms with Crippen LogP contribution in [0, 0.1) is 22.7 Å². The summed E-state index contributed by atoms with van der Waals surface area (Å²) in [6, 6.07) is 103. The van der Waals surface area contributed by atoms with E-state index in [0.29, 0.717) is 33.8 Å². The van der Waals surface area contributed by atoms with Gasteiger partial charge < -0.3 is 14.4 Å². The number of hydrogen-bond acceptors (Lipinski definition) is 6. The Hall–Kier alpha value is -11.1. The molecule has 0 amide bonds. The van der Waals surface area contributed by atoms with Gasteiger partial charge in [-0.1, -0.05) is 170 Å². The van der Waals surface area contributed by atoms with Crippen LogP contribution >= 0.6 is 0 Å². The zero-order chi connectivity index (χ0) is 53.1. The van der Waals surface area contributed by atoms with Crippen molar-refractivity contribution < 1.29 is 0 Å². The third-order valence-electron chi connectivity index (χ3n) is 14.4. The lowest BCUT2D eigenvalue weighted by atomic mass is 9.91. The molecule has 0 unspecified atom stereocenters. The van der Waals surface area contributed by atoms with Gasteiger partial charge >= 0.3 is 0 Å². The van der Waals surface area contributed by atoms with Crippen molar-refractivity contribution in [2.45, 2.75) is 0 Å². The Kier molecular flexibility index (Phi) is 12.6.